The highest BCUT2D eigenvalue weighted by Gasteiger charge is 2.12. The van der Waals surface area contributed by atoms with E-state index in [0.29, 0.717) is 0 Å². The van der Waals surface area contributed by atoms with Crippen LogP contribution in [0, 0.1) is 0 Å². The second kappa shape index (κ2) is 6.20. The molecule has 1 aromatic carbocycles. The maximum Gasteiger partial charge on any atom is 0.141 e. The van der Waals surface area contributed by atoms with Crippen molar-refractivity contribution in [1.82, 2.24) is 15.0 Å². The summed E-state index contributed by atoms with van der Waals surface area (Å²) in [5.41, 5.74) is 1.87. The first-order valence-corrected chi connectivity index (χ1v) is 8.08. The maximum atomic E-state index is 4.60. The number of nitrogens with one attached hydrogen (secondary N) is 1. The van der Waals surface area contributed by atoms with Crippen molar-refractivity contribution in [2.75, 3.05) is 23.3 Å². The molecule has 0 amide bonds. The molecule has 0 aliphatic carbocycles. The fourth-order valence-corrected chi connectivity index (χ4v) is 3.01. The van der Waals surface area contributed by atoms with Crippen LogP contribution in [0.15, 0.2) is 48.9 Å². The molecular formula is C18H19N5. The van der Waals surface area contributed by atoms with Crippen LogP contribution in [0.2, 0.25) is 0 Å². The number of anilines is 3. The highest BCUT2D eigenvalue weighted by atomic mass is 15.2. The van der Waals surface area contributed by atoms with Gasteiger partial charge in [0, 0.05) is 18.5 Å². The molecule has 0 unspecified atom stereocenters. The third-order valence-electron chi connectivity index (χ3n) is 4.23. The molecule has 1 saturated heterocycles. The molecule has 2 aromatic heterocycles. The minimum atomic E-state index is 0.808. The lowest BCUT2D eigenvalue weighted by molar-refractivity contribution is 0.573. The Balaban J connectivity index is 1.56. The smallest absolute Gasteiger partial charge is 0.141 e. The van der Waals surface area contributed by atoms with Gasteiger partial charge < -0.3 is 10.2 Å². The second-order valence-electron chi connectivity index (χ2n) is 5.82. The largest absolute Gasteiger partial charge is 0.357 e. The van der Waals surface area contributed by atoms with E-state index in [1.54, 1.807) is 6.33 Å². The van der Waals surface area contributed by atoms with Gasteiger partial charge in [-0.05, 0) is 43.5 Å². The number of rotatable bonds is 3. The van der Waals surface area contributed by atoms with Gasteiger partial charge in [0.15, 0.2) is 0 Å². The monoisotopic (exact) mass is 305 g/mol. The molecule has 5 heteroatoms. The summed E-state index contributed by atoms with van der Waals surface area (Å²) in [6.45, 7) is 2.21. The number of para-hydroxylation sites is 1. The predicted octanol–water partition coefficient (Wildman–Crippen LogP) is 3.76. The highest BCUT2D eigenvalue weighted by Crippen LogP contribution is 2.24. The molecule has 4 rings (SSSR count). The van der Waals surface area contributed by atoms with Crippen LogP contribution in [-0.2, 0) is 0 Å². The summed E-state index contributed by atoms with van der Waals surface area (Å²) in [5.74, 6) is 1.87. The molecule has 0 spiro atoms. The number of hydrogen-bond acceptors (Lipinski definition) is 5. The maximum absolute atomic E-state index is 4.60. The standard InChI is InChI=1S/C18H19N5/c1-4-10-23(11-5-1)17-9-8-14(12-19-17)22-18-15-6-2-3-7-16(15)20-13-21-18/h2-3,6-9,12-13H,1,4-5,10-11H2,(H,20,21,22). The zero-order valence-electron chi connectivity index (χ0n) is 12.9. The highest BCUT2D eigenvalue weighted by molar-refractivity contribution is 5.90. The summed E-state index contributed by atoms with van der Waals surface area (Å²) in [4.78, 5) is 15.6. The van der Waals surface area contributed by atoms with Gasteiger partial charge in [-0.15, -0.1) is 0 Å². The van der Waals surface area contributed by atoms with Crippen molar-refractivity contribution in [3.8, 4) is 0 Å². The fraction of sp³-hybridized carbons (Fsp3) is 0.278. The van der Waals surface area contributed by atoms with Crippen molar-refractivity contribution in [2.45, 2.75) is 19.3 Å². The first-order valence-electron chi connectivity index (χ1n) is 8.08. The van der Waals surface area contributed by atoms with Crippen LogP contribution in [-0.4, -0.2) is 28.0 Å². The quantitative estimate of drug-likeness (QED) is 0.798. The Bertz CT molecular complexity index is 789. The van der Waals surface area contributed by atoms with E-state index in [9.17, 15) is 0 Å². The van der Waals surface area contributed by atoms with E-state index >= 15 is 0 Å². The Morgan fingerprint density at radius 3 is 2.57 bits per heavy atom. The zero-order chi connectivity index (χ0) is 15.5. The van der Waals surface area contributed by atoms with Crippen LogP contribution < -0.4 is 10.2 Å². The van der Waals surface area contributed by atoms with Gasteiger partial charge in [0.2, 0.25) is 0 Å². The van der Waals surface area contributed by atoms with Gasteiger partial charge in [-0.2, -0.15) is 0 Å². The fourth-order valence-electron chi connectivity index (χ4n) is 3.01. The normalized spacial score (nSPS) is 14.9. The summed E-state index contributed by atoms with van der Waals surface area (Å²) < 4.78 is 0. The van der Waals surface area contributed by atoms with Crippen LogP contribution in [0.3, 0.4) is 0 Å². The van der Waals surface area contributed by atoms with Crippen molar-refractivity contribution in [3.63, 3.8) is 0 Å². The number of nitrogens with zero attached hydrogens (tertiary/aromatic N) is 4. The Morgan fingerprint density at radius 2 is 1.74 bits per heavy atom. The molecule has 116 valence electrons. The molecule has 23 heavy (non-hydrogen) atoms. The van der Waals surface area contributed by atoms with Gasteiger partial charge in [0.25, 0.3) is 0 Å². The van der Waals surface area contributed by atoms with Gasteiger partial charge >= 0.3 is 0 Å². The first-order chi connectivity index (χ1) is 11.4. The Labute approximate surface area is 135 Å². The minimum absolute atomic E-state index is 0.808. The van der Waals surface area contributed by atoms with Crippen LogP contribution in [0.5, 0.6) is 0 Å². The van der Waals surface area contributed by atoms with E-state index in [1.807, 2.05) is 30.5 Å². The van der Waals surface area contributed by atoms with E-state index < -0.39 is 0 Å². The van der Waals surface area contributed by atoms with Crippen LogP contribution in [0.4, 0.5) is 17.3 Å². The third-order valence-corrected chi connectivity index (χ3v) is 4.23. The minimum Gasteiger partial charge on any atom is -0.357 e. The average molecular weight is 305 g/mol. The van der Waals surface area contributed by atoms with Crippen molar-refractivity contribution in [1.29, 1.82) is 0 Å². The number of piperidine rings is 1. The predicted molar refractivity (Wildman–Crippen MR) is 93.1 cm³/mol. The molecule has 1 N–H and O–H groups in total. The summed E-state index contributed by atoms with van der Waals surface area (Å²) >= 11 is 0. The van der Waals surface area contributed by atoms with Crippen molar-refractivity contribution < 1.29 is 0 Å². The molecule has 3 aromatic rings. The summed E-state index contributed by atoms with van der Waals surface area (Å²) in [6.07, 6.45) is 7.31. The van der Waals surface area contributed by atoms with Gasteiger partial charge in [-0.1, -0.05) is 12.1 Å². The molecule has 1 aliphatic rings. The second-order valence-corrected chi connectivity index (χ2v) is 5.82. The van der Waals surface area contributed by atoms with E-state index in [1.165, 1.54) is 19.3 Å². The number of pyridine rings is 1. The lowest BCUT2D eigenvalue weighted by atomic mass is 10.1. The van der Waals surface area contributed by atoms with E-state index in [4.69, 9.17) is 0 Å². The van der Waals surface area contributed by atoms with Gasteiger partial charge in [0.05, 0.1) is 17.4 Å². The number of benzene rings is 1. The van der Waals surface area contributed by atoms with E-state index in [-0.39, 0.29) is 0 Å². The van der Waals surface area contributed by atoms with Crippen molar-refractivity contribution >= 4 is 28.2 Å². The summed E-state index contributed by atoms with van der Waals surface area (Å²) in [6, 6.07) is 12.1. The number of fused-ring (bicyclic) bond motifs is 1. The lowest BCUT2D eigenvalue weighted by Gasteiger charge is -2.27. The Kier molecular flexibility index (Phi) is 3.76. The molecule has 1 aliphatic heterocycles. The molecule has 0 radical (unpaired) electrons. The summed E-state index contributed by atoms with van der Waals surface area (Å²) in [5, 5.41) is 4.35. The number of hydrogen-bond donors (Lipinski definition) is 1. The van der Waals surface area contributed by atoms with E-state index in [0.717, 1.165) is 41.3 Å². The third kappa shape index (κ3) is 2.95. The molecule has 0 saturated carbocycles. The zero-order valence-corrected chi connectivity index (χ0v) is 12.9. The molecule has 0 bridgehead atoms. The van der Waals surface area contributed by atoms with Crippen molar-refractivity contribution in [2.24, 2.45) is 0 Å². The molecule has 5 nitrogen and oxygen atoms in total. The SMILES string of the molecule is c1ccc2c(Nc3ccc(N4CCCCC4)nc3)ncnc2c1. The van der Waals surface area contributed by atoms with Crippen LogP contribution >= 0.6 is 0 Å². The molecule has 1 fully saturated rings. The first kappa shape index (κ1) is 13.9. The van der Waals surface area contributed by atoms with Crippen LogP contribution in [0.25, 0.3) is 10.9 Å². The van der Waals surface area contributed by atoms with Gasteiger partial charge in [-0.25, -0.2) is 15.0 Å². The van der Waals surface area contributed by atoms with Crippen molar-refractivity contribution in [3.05, 3.63) is 48.9 Å². The topological polar surface area (TPSA) is 53.9 Å². The molecule has 3 heterocycles. The van der Waals surface area contributed by atoms with Gasteiger partial charge in [0.1, 0.15) is 18.0 Å². The average Bonchev–Trinajstić information content (AvgIpc) is 2.63. The summed E-state index contributed by atoms with van der Waals surface area (Å²) in [7, 11) is 0. The molecule has 0 atom stereocenters. The Hall–Kier alpha value is -2.69. The Morgan fingerprint density at radius 1 is 0.870 bits per heavy atom. The lowest BCUT2D eigenvalue weighted by Crippen LogP contribution is -2.29. The van der Waals surface area contributed by atoms with Crippen LogP contribution in [0.1, 0.15) is 19.3 Å². The van der Waals surface area contributed by atoms with E-state index in [2.05, 4.69) is 37.3 Å². The van der Waals surface area contributed by atoms with Gasteiger partial charge in [-0.3, -0.25) is 0 Å². The molecular weight excluding hydrogens is 286 g/mol. The number of aromatic nitrogens is 3.